The molecule has 0 radical (unpaired) electrons. The highest BCUT2D eigenvalue weighted by Crippen LogP contribution is 2.23. The molecule has 4 atom stereocenters. The first-order valence-electron chi connectivity index (χ1n) is 12.2. The van der Waals surface area contributed by atoms with Crippen LogP contribution in [0.5, 0.6) is 5.75 Å². The molecule has 3 rings (SSSR count). The van der Waals surface area contributed by atoms with Crippen LogP contribution in [0.2, 0.25) is 0 Å². The van der Waals surface area contributed by atoms with E-state index in [1.54, 1.807) is 12.1 Å². The van der Waals surface area contributed by atoms with Gasteiger partial charge >= 0.3 is 0 Å². The summed E-state index contributed by atoms with van der Waals surface area (Å²) in [6, 6.07) is 14.7. The number of amides is 1. The van der Waals surface area contributed by atoms with E-state index >= 15 is 0 Å². The Bertz CT molecular complexity index is 1120. The standard InChI is InChI=1S/C27H36N2O6S/c1-20(30)18-29(36(33,34)24-14-8-13-23(17-24)35-2)19-26(31)25(15-21-9-4-3-5-10-21)28-27(32)16-22-11-6-7-12-22/h3-6,8-11,13-14,17,20,22,25-26,30-31H,7,12,15-16,18-19H2,1-2H3,(H,28,32). The predicted octanol–water partition coefficient (Wildman–Crippen LogP) is 2.51. The Labute approximate surface area is 213 Å². The Hall–Kier alpha value is -2.72. The van der Waals surface area contributed by atoms with Crippen LogP contribution in [-0.2, 0) is 21.2 Å². The number of rotatable bonds is 13. The summed E-state index contributed by atoms with van der Waals surface area (Å²) in [6.07, 6.45) is 4.43. The van der Waals surface area contributed by atoms with Crippen LogP contribution < -0.4 is 10.1 Å². The van der Waals surface area contributed by atoms with Gasteiger partial charge in [-0.05, 0) is 49.8 Å². The first-order chi connectivity index (χ1) is 17.2. The Balaban J connectivity index is 1.82. The minimum atomic E-state index is -4.07. The van der Waals surface area contributed by atoms with Gasteiger partial charge in [0.05, 0.1) is 30.3 Å². The zero-order valence-electron chi connectivity index (χ0n) is 20.8. The number of aliphatic hydroxyl groups is 2. The van der Waals surface area contributed by atoms with Gasteiger partial charge in [0.1, 0.15) is 5.75 Å². The molecule has 4 unspecified atom stereocenters. The number of nitrogens with one attached hydrogen (secondary N) is 1. The average molecular weight is 517 g/mol. The second kappa shape index (κ2) is 13.0. The lowest BCUT2D eigenvalue weighted by molar-refractivity contribution is -0.123. The maximum absolute atomic E-state index is 13.5. The van der Waals surface area contributed by atoms with Crippen molar-refractivity contribution in [2.45, 2.75) is 55.8 Å². The van der Waals surface area contributed by atoms with Crippen LogP contribution in [0.3, 0.4) is 0 Å². The second-order valence-corrected chi connectivity index (χ2v) is 11.2. The highest BCUT2D eigenvalue weighted by atomic mass is 32.2. The van der Waals surface area contributed by atoms with Crippen molar-refractivity contribution >= 4 is 15.9 Å². The third-order valence-corrected chi connectivity index (χ3v) is 8.03. The summed E-state index contributed by atoms with van der Waals surface area (Å²) in [5.74, 6) is 0.354. The molecule has 9 heteroatoms. The molecule has 2 aromatic rings. The normalized spacial score (nSPS) is 18.1. The van der Waals surface area contributed by atoms with E-state index < -0.39 is 28.3 Å². The smallest absolute Gasteiger partial charge is 0.243 e. The third-order valence-electron chi connectivity index (χ3n) is 6.21. The molecule has 1 aliphatic rings. The van der Waals surface area contributed by atoms with Gasteiger partial charge < -0.3 is 20.3 Å². The van der Waals surface area contributed by atoms with Crippen molar-refractivity contribution in [3.8, 4) is 5.75 Å². The molecule has 0 bridgehead atoms. The van der Waals surface area contributed by atoms with Crippen LogP contribution in [0.4, 0.5) is 0 Å². The lowest BCUT2D eigenvalue weighted by atomic mass is 9.99. The topological polar surface area (TPSA) is 116 Å². The molecule has 0 fully saturated rings. The number of methoxy groups -OCH3 is 1. The highest BCUT2D eigenvalue weighted by molar-refractivity contribution is 7.89. The quantitative estimate of drug-likeness (QED) is 0.352. The Morgan fingerprint density at radius 2 is 1.89 bits per heavy atom. The first-order valence-corrected chi connectivity index (χ1v) is 13.6. The van der Waals surface area contributed by atoms with Gasteiger partial charge in [-0.15, -0.1) is 0 Å². The van der Waals surface area contributed by atoms with Gasteiger partial charge in [0, 0.05) is 25.6 Å². The van der Waals surface area contributed by atoms with E-state index in [2.05, 4.69) is 11.4 Å². The molecule has 3 N–H and O–H groups in total. The molecule has 1 amide bonds. The van der Waals surface area contributed by atoms with Gasteiger partial charge in [-0.3, -0.25) is 4.79 Å². The van der Waals surface area contributed by atoms with Crippen LogP contribution >= 0.6 is 0 Å². The molecular weight excluding hydrogens is 480 g/mol. The number of carbonyl (C=O) groups excluding carboxylic acids is 1. The molecule has 36 heavy (non-hydrogen) atoms. The summed E-state index contributed by atoms with van der Waals surface area (Å²) in [4.78, 5) is 12.8. The Morgan fingerprint density at radius 1 is 1.14 bits per heavy atom. The zero-order chi connectivity index (χ0) is 26.1. The van der Waals surface area contributed by atoms with Crippen molar-refractivity contribution in [1.29, 1.82) is 0 Å². The van der Waals surface area contributed by atoms with Crippen LogP contribution in [0.25, 0.3) is 0 Å². The summed E-state index contributed by atoms with van der Waals surface area (Å²) >= 11 is 0. The van der Waals surface area contributed by atoms with Gasteiger partial charge in [-0.25, -0.2) is 8.42 Å². The van der Waals surface area contributed by atoms with E-state index in [0.29, 0.717) is 18.6 Å². The fourth-order valence-electron chi connectivity index (χ4n) is 4.33. The molecule has 0 spiro atoms. The van der Waals surface area contributed by atoms with E-state index in [9.17, 15) is 23.4 Å². The number of hydrogen-bond donors (Lipinski definition) is 3. The molecule has 1 aliphatic carbocycles. The number of allylic oxidation sites excluding steroid dienone is 2. The Morgan fingerprint density at radius 3 is 2.53 bits per heavy atom. The maximum Gasteiger partial charge on any atom is 0.243 e. The summed E-state index contributed by atoms with van der Waals surface area (Å²) in [7, 11) is -2.62. The predicted molar refractivity (Wildman–Crippen MR) is 138 cm³/mol. The van der Waals surface area contributed by atoms with Crippen LogP contribution in [0, 0.1) is 5.92 Å². The Kier molecular flexibility index (Phi) is 10.1. The summed E-state index contributed by atoms with van der Waals surface area (Å²) in [6.45, 7) is 0.972. The van der Waals surface area contributed by atoms with E-state index in [1.165, 1.54) is 26.2 Å². The number of sulfonamides is 1. The fourth-order valence-corrected chi connectivity index (χ4v) is 5.91. The van der Waals surface area contributed by atoms with Crippen molar-refractivity contribution in [3.05, 3.63) is 72.3 Å². The van der Waals surface area contributed by atoms with Crippen LogP contribution in [-0.4, -0.2) is 67.3 Å². The number of nitrogens with zero attached hydrogens (tertiary/aromatic N) is 1. The SMILES string of the molecule is COc1cccc(S(=O)(=O)N(CC(C)O)CC(O)C(Cc2ccccc2)NC(=O)CC2C=CCC2)c1. The third kappa shape index (κ3) is 7.89. The molecule has 8 nitrogen and oxygen atoms in total. The minimum Gasteiger partial charge on any atom is -0.497 e. The van der Waals surface area contributed by atoms with Gasteiger partial charge in [-0.2, -0.15) is 4.31 Å². The van der Waals surface area contributed by atoms with E-state index in [0.717, 1.165) is 22.7 Å². The number of ether oxygens (including phenoxy) is 1. The lowest BCUT2D eigenvalue weighted by Gasteiger charge is -2.30. The number of carbonyl (C=O) groups is 1. The lowest BCUT2D eigenvalue weighted by Crippen LogP contribution is -2.51. The minimum absolute atomic E-state index is 0.00799. The molecule has 0 aliphatic heterocycles. The van der Waals surface area contributed by atoms with Crippen LogP contribution in [0.15, 0.2) is 71.6 Å². The van der Waals surface area contributed by atoms with Crippen molar-refractivity contribution in [1.82, 2.24) is 9.62 Å². The average Bonchev–Trinajstić information content (AvgIpc) is 3.36. The number of benzene rings is 2. The van der Waals surface area contributed by atoms with Crippen molar-refractivity contribution in [2.24, 2.45) is 5.92 Å². The summed E-state index contributed by atoms with van der Waals surface area (Å²) in [5, 5.41) is 24.2. The van der Waals surface area contributed by atoms with E-state index in [1.807, 2.05) is 36.4 Å². The number of aliphatic hydroxyl groups excluding tert-OH is 2. The molecule has 0 heterocycles. The molecule has 0 aromatic heterocycles. The monoisotopic (exact) mass is 516 g/mol. The molecule has 196 valence electrons. The summed E-state index contributed by atoms with van der Waals surface area (Å²) in [5.41, 5.74) is 0.903. The molecule has 0 saturated carbocycles. The van der Waals surface area contributed by atoms with Crippen LogP contribution in [0.1, 0.15) is 31.7 Å². The first kappa shape index (κ1) is 27.9. The largest absolute Gasteiger partial charge is 0.497 e. The van der Waals surface area contributed by atoms with E-state index in [-0.39, 0.29) is 29.8 Å². The molecule has 0 saturated heterocycles. The fraction of sp³-hybridized carbons (Fsp3) is 0.444. The second-order valence-electron chi connectivity index (χ2n) is 9.25. The number of hydrogen-bond acceptors (Lipinski definition) is 6. The molecular formula is C27H36N2O6S. The highest BCUT2D eigenvalue weighted by Gasteiger charge is 2.32. The van der Waals surface area contributed by atoms with Gasteiger partial charge in [-0.1, -0.05) is 48.6 Å². The molecule has 2 aromatic carbocycles. The van der Waals surface area contributed by atoms with Gasteiger partial charge in [0.2, 0.25) is 15.9 Å². The van der Waals surface area contributed by atoms with Gasteiger partial charge in [0.25, 0.3) is 0 Å². The van der Waals surface area contributed by atoms with Crippen molar-refractivity contribution in [2.75, 3.05) is 20.2 Å². The summed E-state index contributed by atoms with van der Waals surface area (Å²) < 4.78 is 33.1. The maximum atomic E-state index is 13.5. The van der Waals surface area contributed by atoms with Gasteiger partial charge in [0.15, 0.2) is 0 Å². The van der Waals surface area contributed by atoms with Crippen molar-refractivity contribution < 1.29 is 28.2 Å². The van der Waals surface area contributed by atoms with E-state index in [4.69, 9.17) is 4.74 Å². The zero-order valence-corrected chi connectivity index (χ0v) is 21.6. The van der Waals surface area contributed by atoms with Crippen molar-refractivity contribution in [3.63, 3.8) is 0 Å².